The maximum absolute atomic E-state index is 2.48. The Morgan fingerprint density at radius 2 is 1.81 bits per heavy atom. The van der Waals surface area contributed by atoms with Crippen LogP contribution >= 0.6 is 0 Å². The highest BCUT2D eigenvalue weighted by atomic mass is 14.4. The lowest BCUT2D eigenvalue weighted by Gasteiger charge is -2.27. The van der Waals surface area contributed by atoms with Crippen LogP contribution in [0.2, 0.25) is 0 Å². The van der Waals surface area contributed by atoms with E-state index in [0.29, 0.717) is 0 Å². The Kier molecular flexibility index (Phi) is 4.73. The van der Waals surface area contributed by atoms with Gasteiger partial charge in [0.1, 0.15) is 0 Å². The van der Waals surface area contributed by atoms with Crippen molar-refractivity contribution in [1.29, 1.82) is 0 Å². The third kappa shape index (κ3) is 3.79. The summed E-state index contributed by atoms with van der Waals surface area (Å²) in [5, 5.41) is 0. The van der Waals surface area contributed by atoms with E-state index < -0.39 is 0 Å². The number of hydrogen-bond donors (Lipinski definition) is 0. The highest BCUT2D eigenvalue weighted by Crippen LogP contribution is 2.43. The average molecular weight is 222 g/mol. The van der Waals surface area contributed by atoms with Gasteiger partial charge in [0.2, 0.25) is 0 Å². The first-order chi connectivity index (χ1) is 7.79. The van der Waals surface area contributed by atoms with Gasteiger partial charge in [0.15, 0.2) is 0 Å². The minimum absolute atomic E-state index is 1.01. The fraction of sp³-hybridized carbons (Fsp3) is 1.00. The van der Waals surface area contributed by atoms with Crippen LogP contribution in [0.4, 0.5) is 0 Å². The molecule has 0 nitrogen and oxygen atoms in total. The van der Waals surface area contributed by atoms with Crippen molar-refractivity contribution in [3.63, 3.8) is 0 Å². The van der Waals surface area contributed by atoms with Gasteiger partial charge in [0.05, 0.1) is 0 Å². The van der Waals surface area contributed by atoms with E-state index in [1.54, 1.807) is 25.7 Å². The van der Waals surface area contributed by atoms with Crippen molar-refractivity contribution in [3.05, 3.63) is 0 Å². The third-order valence-electron chi connectivity index (χ3n) is 4.89. The molecule has 2 rings (SSSR count). The third-order valence-corrected chi connectivity index (χ3v) is 4.89. The molecule has 0 aromatic carbocycles. The van der Waals surface area contributed by atoms with Crippen LogP contribution in [0.5, 0.6) is 0 Å². The predicted octanol–water partition coefficient (Wildman–Crippen LogP) is 5.42. The molecule has 0 heteroatoms. The molecule has 2 saturated carbocycles. The topological polar surface area (TPSA) is 0 Å². The largest absolute Gasteiger partial charge is 0.0654 e. The maximum Gasteiger partial charge on any atom is -0.0383 e. The zero-order valence-electron chi connectivity index (χ0n) is 11.4. The molecule has 3 unspecified atom stereocenters. The highest BCUT2D eigenvalue weighted by Gasteiger charge is 2.30. The Morgan fingerprint density at radius 3 is 2.50 bits per heavy atom. The smallest absolute Gasteiger partial charge is 0.0383 e. The highest BCUT2D eigenvalue weighted by molar-refractivity contribution is 4.82. The lowest BCUT2D eigenvalue weighted by molar-refractivity contribution is 0.235. The van der Waals surface area contributed by atoms with Gasteiger partial charge in [-0.1, -0.05) is 65.2 Å². The molecule has 0 radical (unpaired) electrons. The van der Waals surface area contributed by atoms with Crippen molar-refractivity contribution in [3.8, 4) is 0 Å². The van der Waals surface area contributed by atoms with Crippen LogP contribution in [0.3, 0.4) is 0 Å². The van der Waals surface area contributed by atoms with Gasteiger partial charge < -0.3 is 0 Å². The van der Waals surface area contributed by atoms with Crippen molar-refractivity contribution < 1.29 is 0 Å². The summed E-state index contributed by atoms with van der Waals surface area (Å²) >= 11 is 0. The minimum atomic E-state index is 1.01. The molecule has 2 aliphatic carbocycles. The Labute approximate surface area is 102 Å². The molecule has 94 valence electrons. The number of hydrogen-bond acceptors (Lipinski definition) is 0. The quantitative estimate of drug-likeness (QED) is 0.545. The van der Waals surface area contributed by atoms with Crippen molar-refractivity contribution >= 4 is 0 Å². The van der Waals surface area contributed by atoms with Crippen LogP contribution in [0, 0.1) is 23.7 Å². The van der Waals surface area contributed by atoms with Crippen molar-refractivity contribution in [2.75, 3.05) is 0 Å². The summed E-state index contributed by atoms with van der Waals surface area (Å²) < 4.78 is 0. The molecular formula is C16H30. The summed E-state index contributed by atoms with van der Waals surface area (Å²) in [4.78, 5) is 0. The molecule has 0 heterocycles. The van der Waals surface area contributed by atoms with Crippen LogP contribution in [0.1, 0.15) is 78.1 Å². The SMILES string of the molecule is CCCC(CC1CC1)C1CCCCC(C)C1. The predicted molar refractivity (Wildman–Crippen MR) is 71.5 cm³/mol. The fourth-order valence-electron chi connectivity index (χ4n) is 3.78. The number of rotatable bonds is 5. The van der Waals surface area contributed by atoms with Gasteiger partial charge in [-0.25, -0.2) is 0 Å². The Balaban J connectivity index is 1.87. The molecule has 0 saturated heterocycles. The Hall–Kier alpha value is 0. The van der Waals surface area contributed by atoms with Crippen molar-refractivity contribution in [2.24, 2.45) is 23.7 Å². The molecule has 16 heavy (non-hydrogen) atoms. The molecule has 2 aliphatic rings. The lowest BCUT2D eigenvalue weighted by atomic mass is 9.78. The molecule has 0 N–H and O–H groups in total. The minimum Gasteiger partial charge on any atom is -0.0654 e. The zero-order chi connectivity index (χ0) is 11.4. The van der Waals surface area contributed by atoms with Crippen LogP contribution in [0.15, 0.2) is 0 Å². The van der Waals surface area contributed by atoms with Crippen molar-refractivity contribution in [2.45, 2.75) is 78.1 Å². The first kappa shape index (κ1) is 12.5. The van der Waals surface area contributed by atoms with Gasteiger partial charge in [0, 0.05) is 0 Å². The summed E-state index contributed by atoms with van der Waals surface area (Å²) in [7, 11) is 0. The van der Waals surface area contributed by atoms with E-state index >= 15 is 0 Å². The Morgan fingerprint density at radius 1 is 1.06 bits per heavy atom. The van der Waals surface area contributed by atoms with Crippen LogP contribution < -0.4 is 0 Å². The van der Waals surface area contributed by atoms with E-state index in [1.165, 1.54) is 38.5 Å². The second kappa shape index (κ2) is 6.07. The molecule has 0 aromatic heterocycles. The van der Waals surface area contributed by atoms with E-state index in [1.807, 2.05) is 0 Å². The summed E-state index contributed by atoms with van der Waals surface area (Å²) in [6.45, 7) is 4.86. The molecule has 0 aliphatic heterocycles. The van der Waals surface area contributed by atoms with Crippen LogP contribution in [-0.4, -0.2) is 0 Å². The zero-order valence-corrected chi connectivity index (χ0v) is 11.4. The van der Waals surface area contributed by atoms with Crippen LogP contribution in [-0.2, 0) is 0 Å². The molecule has 0 amide bonds. The van der Waals surface area contributed by atoms with E-state index in [2.05, 4.69) is 13.8 Å². The summed E-state index contributed by atoms with van der Waals surface area (Å²) in [5.41, 5.74) is 0. The standard InChI is InChI=1S/C16H30/c1-3-6-15(12-14-9-10-14)16-8-5-4-7-13(2)11-16/h13-16H,3-12H2,1-2H3. The molecule has 2 fully saturated rings. The van der Waals surface area contributed by atoms with Crippen molar-refractivity contribution in [1.82, 2.24) is 0 Å². The van der Waals surface area contributed by atoms with E-state index in [9.17, 15) is 0 Å². The van der Waals surface area contributed by atoms with Gasteiger partial charge >= 0.3 is 0 Å². The van der Waals surface area contributed by atoms with Gasteiger partial charge in [-0.05, 0) is 36.5 Å². The molecule has 0 bridgehead atoms. The van der Waals surface area contributed by atoms with Gasteiger partial charge in [-0.3, -0.25) is 0 Å². The molecule has 3 atom stereocenters. The van der Waals surface area contributed by atoms with Gasteiger partial charge in [-0.2, -0.15) is 0 Å². The summed E-state index contributed by atoms with van der Waals surface area (Å²) in [5.74, 6) is 4.30. The second-order valence-electron chi connectivity index (χ2n) is 6.61. The summed E-state index contributed by atoms with van der Waals surface area (Å²) in [6.07, 6.45) is 15.2. The van der Waals surface area contributed by atoms with E-state index in [-0.39, 0.29) is 0 Å². The molecule has 0 spiro atoms. The molecule has 0 aromatic rings. The van der Waals surface area contributed by atoms with Gasteiger partial charge in [0.25, 0.3) is 0 Å². The van der Waals surface area contributed by atoms with Crippen LogP contribution in [0.25, 0.3) is 0 Å². The van der Waals surface area contributed by atoms with E-state index in [0.717, 1.165) is 23.7 Å². The monoisotopic (exact) mass is 222 g/mol. The normalized spacial score (nSPS) is 33.4. The molecular weight excluding hydrogens is 192 g/mol. The average Bonchev–Trinajstić information content (AvgIpc) is 3.05. The maximum atomic E-state index is 2.48. The fourth-order valence-corrected chi connectivity index (χ4v) is 3.78. The summed E-state index contributed by atoms with van der Waals surface area (Å²) in [6, 6.07) is 0. The van der Waals surface area contributed by atoms with Gasteiger partial charge in [-0.15, -0.1) is 0 Å². The first-order valence-electron chi connectivity index (χ1n) is 7.79. The Bertz CT molecular complexity index is 192. The van der Waals surface area contributed by atoms with E-state index in [4.69, 9.17) is 0 Å². The first-order valence-corrected chi connectivity index (χ1v) is 7.79. The second-order valence-corrected chi connectivity index (χ2v) is 6.61. The lowest BCUT2D eigenvalue weighted by Crippen LogP contribution is -2.17.